The van der Waals surface area contributed by atoms with Crippen LogP contribution in [0.4, 0.5) is 0 Å². The smallest absolute Gasteiger partial charge is 0.223 e. The molecule has 0 aliphatic heterocycles. The number of hydrogen-bond donors (Lipinski definition) is 1. The molecule has 2 heteroatoms. The van der Waals surface area contributed by atoms with Gasteiger partial charge in [0.15, 0.2) is 0 Å². The molecule has 22 heavy (non-hydrogen) atoms. The van der Waals surface area contributed by atoms with Crippen LogP contribution in [0.1, 0.15) is 63.0 Å². The van der Waals surface area contributed by atoms with Gasteiger partial charge in [0, 0.05) is 5.92 Å². The van der Waals surface area contributed by atoms with Crippen LogP contribution in [-0.2, 0) is 4.79 Å². The molecule has 3 rings (SSSR count). The van der Waals surface area contributed by atoms with Crippen LogP contribution in [0.25, 0.3) is 0 Å². The number of rotatable bonds is 4. The summed E-state index contributed by atoms with van der Waals surface area (Å²) in [6, 6.07) is 10.7. The van der Waals surface area contributed by atoms with E-state index in [0.717, 1.165) is 19.3 Å². The highest BCUT2D eigenvalue weighted by atomic mass is 16.1. The Morgan fingerprint density at radius 1 is 1.00 bits per heavy atom. The van der Waals surface area contributed by atoms with Crippen LogP contribution in [0.5, 0.6) is 0 Å². The van der Waals surface area contributed by atoms with Gasteiger partial charge in [-0.2, -0.15) is 0 Å². The molecule has 2 atom stereocenters. The molecule has 1 aromatic rings. The predicted molar refractivity (Wildman–Crippen MR) is 90.4 cm³/mol. The van der Waals surface area contributed by atoms with Gasteiger partial charge in [0.2, 0.25) is 5.91 Å². The van der Waals surface area contributed by atoms with Crippen LogP contribution in [0.15, 0.2) is 42.5 Å². The highest BCUT2D eigenvalue weighted by Gasteiger charge is 2.28. The van der Waals surface area contributed by atoms with Crippen molar-refractivity contribution in [2.75, 3.05) is 0 Å². The number of nitrogens with one attached hydrogen (secondary N) is 1. The second kappa shape index (κ2) is 7.62. The normalized spacial score (nSPS) is 23.9. The zero-order chi connectivity index (χ0) is 15.2. The molecule has 0 saturated heterocycles. The summed E-state index contributed by atoms with van der Waals surface area (Å²) in [7, 11) is 0. The number of amides is 1. The Hall–Kier alpha value is -1.57. The molecule has 1 aromatic carbocycles. The van der Waals surface area contributed by atoms with E-state index >= 15 is 0 Å². The summed E-state index contributed by atoms with van der Waals surface area (Å²) in [5, 5.41) is 3.40. The number of carbonyl (C=O) groups is 1. The molecule has 2 aliphatic rings. The third-order valence-corrected chi connectivity index (χ3v) is 5.22. The van der Waals surface area contributed by atoms with Gasteiger partial charge in [0.25, 0.3) is 0 Å². The van der Waals surface area contributed by atoms with E-state index in [4.69, 9.17) is 0 Å². The summed E-state index contributed by atoms with van der Waals surface area (Å²) in [4.78, 5) is 12.7. The van der Waals surface area contributed by atoms with Crippen LogP contribution in [0.2, 0.25) is 0 Å². The van der Waals surface area contributed by atoms with Crippen LogP contribution < -0.4 is 5.32 Å². The van der Waals surface area contributed by atoms with Crippen LogP contribution in [0.3, 0.4) is 0 Å². The molecule has 1 amide bonds. The van der Waals surface area contributed by atoms with E-state index in [1.54, 1.807) is 0 Å². The van der Waals surface area contributed by atoms with Crippen molar-refractivity contribution in [3.8, 4) is 0 Å². The van der Waals surface area contributed by atoms with E-state index < -0.39 is 0 Å². The number of allylic oxidation sites excluding steroid dienone is 2. The largest absolute Gasteiger partial charge is 0.349 e. The summed E-state index contributed by atoms with van der Waals surface area (Å²) >= 11 is 0. The highest BCUT2D eigenvalue weighted by Crippen LogP contribution is 2.35. The van der Waals surface area contributed by atoms with E-state index in [2.05, 4.69) is 47.8 Å². The summed E-state index contributed by atoms with van der Waals surface area (Å²) in [5.74, 6) is 1.02. The molecule has 2 nitrogen and oxygen atoms in total. The van der Waals surface area contributed by atoms with Gasteiger partial charge in [-0.3, -0.25) is 4.79 Å². The maximum atomic E-state index is 12.7. The standard InChI is InChI=1S/C20H27NO/c22-20(18-14-8-3-9-15-18)21-19(16-10-4-1-5-11-16)17-12-6-2-7-13-17/h1,3-5,8,10-11,17-19H,2,6-7,9,12-15H2,(H,21,22). The van der Waals surface area contributed by atoms with E-state index in [-0.39, 0.29) is 17.9 Å². The van der Waals surface area contributed by atoms with Gasteiger partial charge in [-0.05, 0) is 43.6 Å². The minimum absolute atomic E-state index is 0.166. The first-order chi connectivity index (χ1) is 10.8. The minimum Gasteiger partial charge on any atom is -0.349 e. The van der Waals surface area contributed by atoms with E-state index in [1.165, 1.54) is 37.7 Å². The maximum Gasteiger partial charge on any atom is 0.223 e. The lowest BCUT2D eigenvalue weighted by Gasteiger charge is -2.32. The molecule has 2 unspecified atom stereocenters. The average Bonchev–Trinajstić information content (AvgIpc) is 2.62. The van der Waals surface area contributed by atoms with E-state index in [1.807, 2.05) is 0 Å². The number of hydrogen-bond acceptors (Lipinski definition) is 1. The second-order valence-electron chi connectivity index (χ2n) is 6.78. The summed E-state index contributed by atoms with van der Waals surface area (Å²) in [6.07, 6.45) is 13.7. The van der Waals surface area contributed by atoms with Crippen molar-refractivity contribution in [2.45, 2.75) is 57.4 Å². The molecule has 0 spiro atoms. The Labute approximate surface area is 134 Å². The Bertz CT molecular complexity index is 502. The monoisotopic (exact) mass is 297 g/mol. The van der Waals surface area contributed by atoms with Gasteiger partial charge in [-0.25, -0.2) is 0 Å². The van der Waals surface area contributed by atoms with Gasteiger partial charge < -0.3 is 5.32 Å². The zero-order valence-electron chi connectivity index (χ0n) is 13.3. The Morgan fingerprint density at radius 2 is 1.77 bits per heavy atom. The predicted octanol–water partition coefficient (Wildman–Crippen LogP) is 4.78. The average molecular weight is 297 g/mol. The number of carbonyl (C=O) groups excluding carboxylic acids is 1. The molecule has 1 N–H and O–H groups in total. The molecular formula is C20H27NO. The lowest BCUT2D eigenvalue weighted by atomic mass is 9.80. The van der Waals surface area contributed by atoms with Crippen molar-refractivity contribution in [1.29, 1.82) is 0 Å². The molecule has 118 valence electrons. The third kappa shape index (κ3) is 3.79. The van der Waals surface area contributed by atoms with Gasteiger partial charge >= 0.3 is 0 Å². The highest BCUT2D eigenvalue weighted by molar-refractivity contribution is 5.79. The fraction of sp³-hybridized carbons (Fsp3) is 0.550. The van der Waals surface area contributed by atoms with Crippen molar-refractivity contribution in [2.24, 2.45) is 11.8 Å². The molecule has 0 bridgehead atoms. The summed E-state index contributed by atoms with van der Waals surface area (Å²) in [5.41, 5.74) is 1.27. The lowest BCUT2D eigenvalue weighted by molar-refractivity contribution is -0.126. The Morgan fingerprint density at radius 3 is 2.45 bits per heavy atom. The van der Waals surface area contributed by atoms with Gasteiger partial charge in [0.1, 0.15) is 0 Å². The molecule has 2 aliphatic carbocycles. The molecule has 1 saturated carbocycles. The van der Waals surface area contributed by atoms with Crippen molar-refractivity contribution in [3.05, 3.63) is 48.0 Å². The Balaban J connectivity index is 1.73. The Kier molecular flexibility index (Phi) is 5.31. The van der Waals surface area contributed by atoms with E-state index in [0.29, 0.717) is 5.92 Å². The topological polar surface area (TPSA) is 29.1 Å². The summed E-state index contributed by atoms with van der Waals surface area (Å²) in [6.45, 7) is 0. The first-order valence-corrected chi connectivity index (χ1v) is 8.85. The second-order valence-corrected chi connectivity index (χ2v) is 6.78. The molecular weight excluding hydrogens is 270 g/mol. The maximum absolute atomic E-state index is 12.7. The summed E-state index contributed by atoms with van der Waals surface area (Å²) < 4.78 is 0. The molecule has 0 radical (unpaired) electrons. The van der Waals surface area contributed by atoms with Crippen LogP contribution >= 0.6 is 0 Å². The van der Waals surface area contributed by atoms with E-state index in [9.17, 15) is 4.79 Å². The van der Waals surface area contributed by atoms with Crippen molar-refractivity contribution >= 4 is 5.91 Å². The van der Waals surface area contributed by atoms with Gasteiger partial charge in [0.05, 0.1) is 6.04 Å². The van der Waals surface area contributed by atoms with Crippen molar-refractivity contribution < 1.29 is 4.79 Å². The molecule has 1 fully saturated rings. The SMILES string of the molecule is O=C(NC(c1ccccc1)C1CCCCC1)C1CC=CCC1. The molecule has 0 heterocycles. The fourth-order valence-corrected chi connectivity index (χ4v) is 3.90. The van der Waals surface area contributed by atoms with Crippen LogP contribution in [-0.4, -0.2) is 5.91 Å². The first kappa shape index (κ1) is 15.3. The molecule has 0 aromatic heterocycles. The van der Waals surface area contributed by atoms with Gasteiger partial charge in [-0.15, -0.1) is 0 Å². The van der Waals surface area contributed by atoms with Gasteiger partial charge in [-0.1, -0.05) is 61.7 Å². The van der Waals surface area contributed by atoms with Crippen molar-refractivity contribution in [3.63, 3.8) is 0 Å². The third-order valence-electron chi connectivity index (χ3n) is 5.22. The first-order valence-electron chi connectivity index (χ1n) is 8.85. The minimum atomic E-state index is 0.166. The number of benzene rings is 1. The quantitative estimate of drug-likeness (QED) is 0.796. The van der Waals surface area contributed by atoms with Crippen molar-refractivity contribution in [1.82, 2.24) is 5.32 Å². The fourth-order valence-electron chi connectivity index (χ4n) is 3.90. The zero-order valence-corrected chi connectivity index (χ0v) is 13.3. The lowest BCUT2D eigenvalue weighted by Crippen LogP contribution is -2.38. The van der Waals surface area contributed by atoms with Crippen LogP contribution in [0, 0.1) is 11.8 Å².